The van der Waals surface area contributed by atoms with E-state index in [0.717, 1.165) is 22.3 Å². The van der Waals surface area contributed by atoms with Crippen molar-refractivity contribution in [3.63, 3.8) is 0 Å². The zero-order valence-electron chi connectivity index (χ0n) is 10.7. The number of aryl methyl sites for hydroxylation is 2. The van der Waals surface area contributed by atoms with Crippen molar-refractivity contribution in [2.45, 2.75) is 46.1 Å². The van der Waals surface area contributed by atoms with Crippen LogP contribution in [0.25, 0.3) is 10.2 Å². The van der Waals surface area contributed by atoms with Crippen molar-refractivity contribution in [2.24, 2.45) is 0 Å². The quantitative estimate of drug-likeness (QED) is 0.910. The number of fused-ring (bicyclic) bond motifs is 1. The summed E-state index contributed by atoms with van der Waals surface area (Å²) in [5.74, 6) is 0.0539. The second-order valence-corrected chi connectivity index (χ2v) is 5.69. The van der Waals surface area contributed by atoms with Crippen molar-refractivity contribution < 1.29 is 5.11 Å². The first kappa shape index (κ1) is 12.5. The van der Waals surface area contributed by atoms with Crippen LogP contribution in [0, 0.1) is 13.8 Å². The van der Waals surface area contributed by atoms with Crippen LogP contribution in [0.15, 0.2) is 6.33 Å². The van der Waals surface area contributed by atoms with E-state index in [1.165, 1.54) is 10.4 Å². The lowest BCUT2D eigenvalue weighted by Crippen LogP contribution is -2.16. The van der Waals surface area contributed by atoms with Gasteiger partial charge in [-0.05, 0) is 25.8 Å². The molecule has 92 valence electrons. The molecule has 17 heavy (non-hydrogen) atoms. The van der Waals surface area contributed by atoms with E-state index in [1.54, 1.807) is 17.7 Å². The topological polar surface area (TPSA) is 46.0 Å². The lowest BCUT2D eigenvalue weighted by atomic mass is 9.95. The number of rotatable bonds is 3. The number of hydrogen-bond acceptors (Lipinski definition) is 4. The van der Waals surface area contributed by atoms with Gasteiger partial charge in [0.25, 0.3) is 0 Å². The molecule has 0 aliphatic carbocycles. The summed E-state index contributed by atoms with van der Waals surface area (Å²) < 4.78 is 0. The molecule has 2 heterocycles. The van der Waals surface area contributed by atoms with Gasteiger partial charge in [0.05, 0.1) is 11.8 Å². The Morgan fingerprint density at radius 2 is 2.06 bits per heavy atom. The van der Waals surface area contributed by atoms with E-state index in [0.29, 0.717) is 0 Å². The zero-order chi connectivity index (χ0) is 12.6. The Morgan fingerprint density at radius 3 is 2.71 bits per heavy atom. The first-order chi connectivity index (χ1) is 8.06. The molecule has 0 saturated heterocycles. The summed E-state index contributed by atoms with van der Waals surface area (Å²) in [6.45, 7) is 8.23. The molecule has 0 aliphatic rings. The minimum atomic E-state index is -0.340. The first-order valence-corrected chi connectivity index (χ1v) is 6.76. The van der Waals surface area contributed by atoms with Gasteiger partial charge in [-0.25, -0.2) is 9.97 Å². The van der Waals surface area contributed by atoms with E-state index in [9.17, 15) is 5.11 Å². The van der Waals surface area contributed by atoms with Crippen molar-refractivity contribution in [1.29, 1.82) is 0 Å². The second-order valence-electron chi connectivity index (χ2n) is 4.49. The monoisotopic (exact) mass is 250 g/mol. The van der Waals surface area contributed by atoms with Gasteiger partial charge in [-0.2, -0.15) is 0 Å². The van der Waals surface area contributed by atoms with Gasteiger partial charge in [-0.1, -0.05) is 13.8 Å². The predicted octanol–water partition coefficient (Wildman–Crippen LogP) is 3.18. The molecular formula is C13H18N2OS. The highest BCUT2D eigenvalue weighted by Gasteiger charge is 2.21. The van der Waals surface area contributed by atoms with Gasteiger partial charge >= 0.3 is 0 Å². The fourth-order valence-corrected chi connectivity index (χ4v) is 3.10. The Balaban J connectivity index is 2.61. The van der Waals surface area contributed by atoms with Crippen LogP contribution >= 0.6 is 11.3 Å². The van der Waals surface area contributed by atoms with E-state index >= 15 is 0 Å². The van der Waals surface area contributed by atoms with Crippen molar-refractivity contribution in [3.05, 3.63) is 22.5 Å². The van der Waals surface area contributed by atoms with E-state index < -0.39 is 0 Å². The highest BCUT2D eigenvalue weighted by Crippen LogP contribution is 2.34. The molecule has 0 amide bonds. The van der Waals surface area contributed by atoms with Crippen LogP contribution in [-0.2, 0) is 0 Å². The van der Waals surface area contributed by atoms with Crippen LogP contribution in [-0.4, -0.2) is 21.2 Å². The molecule has 0 aromatic carbocycles. The molecule has 2 aromatic rings. The maximum absolute atomic E-state index is 9.98. The highest BCUT2D eigenvalue weighted by molar-refractivity contribution is 7.18. The average Bonchev–Trinajstić information content (AvgIpc) is 2.63. The minimum absolute atomic E-state index is 0.0539. The van der Waals surface area contributed by atoms with Crippen molar-refractivity contribution in [1.82, 2.24) is 9.97 Å². The van der Waals surface area contributed by atoms with E-state index in [4.69, 9.17) is 0 Å². The van der Waals surface area contributed by atoms with E-state index in [-0.39, 0.29) is 12.0 Å². The normalized spacial score (nSPS) is 15.1. The summed E-state index contributed by atoms with van der Waals surface area (Å²) in [6.07, 6.45) is 2.01. The third-order valence-electron chi connectivity index (χ3n) is 3.42. The molecule has 0 fully saturated rings. The smallest absolute Gasteiger partial charge is 0.127 e. The van der Waals surface area contributed by atoms with Crippen LogP contribution < -0.4 is 0 Å². The fourth-order valence-electron chi connectivity index (χ4n) is 2.09. The summed E-state index contributed by atoms with van der Waals surface area (Å²) in [7, 11) is 0. The molecule has 2 unspecified atom stereocenters. The Bertz CT molecular complexity index is 535. The molecule has 2 aromatic heterocycles. The average molecular weight is 250 g/mol. The Labute approximate surface area is 106 Å². The molecule has 0 radical (unpaired) electrons. The largest absolute Gasteiger partial charge is 0.392 e. The number of aliphatic hydroxyl groups excluding tert-OH is 1. The SMILES string of the molecule is CCC(O)C(C)c1ncnc2sc(C)c(C)c12. The van der Waals surface area contributed by atoms with Gasteiger partial charge in [0.15, 0.2) is 0 Å². The van der Waals surface area contributed by atoms with Gasteiger partial charge in [0.1, 0.15) is 11.2 Å². The summed E-state index contributed by atoms with van der Waals surface area (Å²) in [5, 5.41) is 11.1. The zero-order valence-corrected chi connectivity index (χ0v) is 11.5. The summed E-state index contributed by atoms with van der Waals surface area (Å²) >= 11 is 1.70. The van der Waals surface area contributed by atoms with Gasteiger partial charge in [0.2, 0.25) is 0 Å². The molecular weight excluding hydrogens is 232 g/mol. The summed E-state index contributed by atoms with van der Waals surface area (Å²) in [5.41, 5.74) is 2.22. The Morgan fingerprint density at radius 1 is 1.35 bits per heavy atom. The van der Waals surface area contributed by atoms with E-state index in [2.05, 4.69) is 23.8 Å². The van der Waals surface area contributed by atoms with Gasteiger partial charge in [0, 0.05) is 16.2 Å². The lowest BCUT2D eigenvalue weighted by Gasteiger charge is -2.17. The molecule has 0 saturated carbocycles. The molecule has 0 spiro atoms. The van der Waals surface area contributed by atoms with Crippen molar-refractivity contribution in [3.8, 4) is 0 Å². The third-order valence-corrected chi connectivity index (χ3v) is 4.54. The van der Waals surface area contributed by atoms with Crippen LogP contribution in [0.2, 0.25) is 0 Å². The fraction of sp³-hybridized carbons (Fsp3) is 0.538. The van der Waals surface area contributed by atoms with Crippen LogP contribution in [0.3, 0.4) is 0 Å². The van der Waals surface area contributed by atoms with Gasteiger partial charge in [-0.3, -0.25) is 0 Å². The predicted molar refractivity (Wildman–Crippen MR) is 71.6 cm³/mol. The maximum Gasteiger partial charge on any atom is 0.127 e. The number of thiophene rings is 1. The number of aromatic nitrogens is 2. The molecule has 2 rings (SSSR count). The summed E-state index contributed by atoms with van der Waals surface area (Å²) in [6, 6.07) is 0. The summed E-state index contributed by atoms with van der Waals surface area (Å²) in [4.78, 5) is 11.0. The third kappa shape index (κ3) is 2.07. The Hall–Kier alpha value is -1.00. The molecule has 3 nitrogen and oxygen atoms in total. The van der Waals surface area contributed by atoms with E-state index in [1.807, 2.05) is 13.8 Å². The molecule has 2 atom stereocenters. The lowest BCUT2D eigenvalue weighted by molar-refractivity contribution is 0.144. The van der Waals surface area contributed by atoms with Crippen LogP contribution in [0.1, 0.15) is 42.3 Å². The molecule has 0 bridgehead atoms. The van der Waals surface area contributed by atoms with Crippen LogP contribution in [0.5, 0.6) is 0 Å². The molecule has 4 heteroatoms. The molecule has 1 N–H and O–H groups in total. The number of nitrogens with zero attached hydrogens (tertiary/aromatic N) is 2. The second kappa shape index (κ2) is 4.70. The maximum atomic E-state index is 9.98. The number of aliphatic hydroxyl groups is 1. The number of hydrogen-bond donors (Lipinski definition) is 1. The van der Waals surface area contributed by atoms with Crippen molar-refractivity contribution in [2.75, 3.05) is 0 Å². The van der Waals surface area contributed by atoms with Gasteiger partial charge < -0.3 is 5.11 Å². The van der Waals surface area contributed by atoms with Gasteiger partial charge in [-0.15, -0.1) is 11.3 Å². The highest BCUT2D eigenvalue weighted by atomic mass is 32.1. The Kier molecular flexibility index (Phi) is 3.45. The first-order valence-electron chi connectivity index (χ1n) is 5.94. The van der Waals surface area contributed by atoms with Crippen LogP contribution in [0.4, 0.5) is 0 Å². The minimum Gasteiger partial charge on any atom is -0.392 e. The van der Waals surface area contributed by atoms with Crippen molar-refractivity contribution >= 4 is 21.6 Å². The standard InChI is InChI=1S/C13H18N2OS/c1-5-10(16)8(3)12-11-7(2)9(4)17-13(11)15-6-14-12/h6,8,10,16H,5H2,1-4H3. The molecule has 0 aliphatic heterocycles.